The van der Waals surface area contributed by atoms with Crippen molar-refractivity contribution in [3.8, 4) is 0 Å². The van der Waals surface area contributed by atoms with Crippen LogP contribution in [0.1, 0.15) is 13.8 Å². The fraction of sp³-hybridized carbons (Fsp3) is 0.556. The van der Waals surface area contributed by atoms with Gasteiger partial charge < -0.3 is 25.2 Å². The molecular formula is C18H28N4O5. The van der Waals surface area contributed by atoms with Crippen LogP contribution in [-0.2, 0) is 23.9 Å². The number of ether oxygens (including phenoxy) is 1. The highest BCUT2D eigenvalue weighted by Crippen LogP contribution is 2.07. The maximum atomic E-state index is 12.1. The molecule has 0 aromatic rings. The molecule has 1 atom stereocenters. The minimum Gasteiger partial charge on any atom is -0.456 e. The molecule has 0 bridgehead atoms. The monoisotopic (exact) mass is 380 g/mol. The summed E-state index contributed by atoms with van der Waals surface area (Å²) < 4.78 is 5.37. The Balaban J connectivity index is 2.57. The SMILES string of the molecule is C=C(C)C(=O)NCCNCC(CN1CCN(C)C(=O)C1=O)OC(=O)C(=C)C. The number of esters is 1. The topological polar surface area (TPSA) is 108 Å². The van der Waals surface area contributed by atoms with Crippen LogP contribution in [-0.4, -0.2) is 85.9 Å². The van der Waals surface area contributed by atoms with Gasteiger partial charge in [-0.05, 0) is 13.8 Å². The summed E-state index contributed by atoms with van der Waals surface area (Å²) >= 11 is 0. The van der Waals surface area contributed by atoms with Crippen LogP contribution in [0, 0.1) is 0 Å². The largest absolute Gasteiger partial charge is 0.456 e. The van der Waals surface area contributed by atoms with Crippen molar-refractivity contribution >= 4 is 23.7 Å². The lowest BCUT2D eigenvalue weighted by Crippen LogP contribution is -2.55. The highest BCUT2D eigenvalue weighted by molar-refractivity contribution is 6.35. The zero-order valence-electron chi connectivity index (χ0n) is 16.2. The number of likely N-dealkylation sites (N-methyl/N-ethyl adjacent to an activating group) is 1. The molecule has 27 heavy (non-hydrogen) atoms. The molecule has 1 saturated heterocycles. The summed E-state index contributed by atoms with van der Waals surface area (Å²) in [6.07, 6.45) is -0.647. The molecule has 1 fully saturated rings. The van der Waals surface area contributed by atoms with E-state index in [1.165, 1.54) is 16.7 Å². The minimum atomic E-state index is -0.647. The molecule has 1 aliphatic heterocycles. The van der Waals surface area contributed by atoms with E-state index in [1.807, 2.05) is 0 Å². The Labute approximate surface area is 159 Å². The van der Waals surface area contributed by atoms with Gasteiger partial charge in [0, 0.05) is 50.9 Å². The highest BCUT2D eigenvalue weighted by atomic mass is 16.5. The van der Waals surface area contributed by atoms with Crippen molar-refractivity contribution in [2.75, 3.05) is 46.3 Å². The fourth-order valence-electron chi connectivity index (χ4n) is 2.27. The van der Waals surface area contributed by atoms with Gasteiger partial charge in [0.2, 0.25) is 5.91 Å². The molecule has 0 radical (unpaired) electrons. The van der Waals surface area contributed by atoms with Gasteiger partial charge in [-0.1, -0.05) is 13.2 Å². The van der Waals surface area contributed by atoms with Crippen molar-refractivity contribution in [1.29, 1.82) is 0 Å². The maximum Gasteiger partial charge on any atom is 0.333 e. The molecule has 1 heterocycles. The Morgan fingerprint density at radius 3 is 2.37 bits per heavy atom. The lowest BCUT2D eigenvalue weighted by atomic mass is 10.2. The Morgan fingerprint density at radius 2 is 1.78 bits per heavy atom. The Morgan fingerprint density at radius 1 is 1.11 bits per heavy atom. The maximum absolute atomic E-state index is 12.1. The summed E-state index contributed by atoms with van der Waals surface area (Å²) in [5.74, 6) is -2.00. The van der Waals surface area contributed by atoms with Crippen LogP contribution in [0.25, 0.3) is 0 Å². The summed E-state index contributed by atoms with van der Waals surface area (Å²) in [4.78, 5) is 49.9. The standard InChI is InChI=1S/C18H28N4O5/c1-12(2)15(23)20-7-6-19-10-14(27-18(26)13(3)4)11-22-9-8-21(5)16(24)17(22)25/h14,19H,1,3,6-11H2,2,4-5H3,(H,20,23). The van der Waals surface area contributed by atoms with Crippen molar-refractivity contribution in [1.82, 2.24) is 20.4 Å². The quantitative estimate of drug-likeness (QED) is 0.219. The van der Waals surface area contributed by atoms with Crippen LogP contribution in [0.4, 0.5) is 0 Å². The molecule has 1 aliphatic rings. The van der Waals surface area contributed by atoms with Gasteiger partial charge in [-0.15, -0.1) is 0 Å². The van der Waals surface area contributed by atoms with Gasteiger partial charge in [0.25, 0.3) is 0 Å². The molecule has 0 aromatic heterocycles. The normalized spacial score (nSPS) is 15.4. The van der Waals surface area contributed by atoms with Crippen LogP contribution in [0.5, 0.6) is 0 Å². The molecule has 9 nitrogen and oxygen atoms in total. The molecule has 9 heteroatoms. The van der Waals surface area contributed by atoms with Gasteiger partial charge in [-0.25, -0.2) is 4.79 Å². The highest BCUT2D eigenvalue weighted by Gasteiger charge is 2.32. The van der Waals surface area contributed by atoms with E-state index in [1.54, 1.807) is 14.0 Å². The zero-order valence-corrected chi connectivity index (χ0v) is 16.2. The first-order valence-corrected chi connectivity index (χ1v) is 8.68. The first-order chi connectivity index (χ1) is 12.6. The summed E-state index contributed by atoms with van der Waals surface area (Å²) in [5, 5.41) is 5.74. The number of piperazine rings is 1. The van der Waals surface area contributed by atoms with Crippen molar-refractivity contribution in [3.05, 3.63) is 24.3 Å². The molecule has 0 saturated carbocycles. The Hall–Kier alpha value is -2.68. The smallest absolute Gasteiger partial charge is 0.333 e. The van der Waals surface area contributed by atoms with Crippen LogP contribution in [0.2, 0.25) is 0 Å². The van der Waals surface area contributed by atoms with Crippen molar-refractivity contribution in [3.63, 3.8) is 0 Å². The molecule has 0 spiro atoms. The van der Waals surface area contributed by atoms with E-state index >= 15 is 0 Å². The average molecular weight is 380 g/mol. The van der Waals surface area contributed by atoms with Crippen molar-refractivity contribution in [2.45, 2.75) is 20.0 Å². The summed E-state index contributed by atoms with van der Waals surface area (Å²) in [6, 6.07) is 0. The molecule has 0 aliphatic carbocycles. The lowest BCUT2D eigenvalue weighted by molar-refractivity contribution is -0.158. The van der Waals surface area contributed by atoms with E-state index in [2.05, 4.69) is 23.8 Å². The van der Waals surface area contributed by atoms with Gasteiger partial charge in [0.05, 0.1) is 6.54 Å². The number of hydrogen-bond donors (Lipinski definition) is 2. The van der Waals surface area contributed by atoms with E-state index in [4.69, 9.17) is 4.74 Å². The van der Waals surface area contributed by atoms with E-state index in [0.29, 0.717) is 31.8 Å². The first kappa shape index (κ1) is 22.4. The predicted molar refractivity (Wildman–Crippen MR) is 99.6 cm³/mol. The molecule has 2 N–H and O–H groups in total. The van der Waals surface area contributed by atoms with Gasteiger partial charge >= 0.3 is 17.8 Å². The van der Waals surface area contributed by atoms with Crippen molar-refractivity contribution in [2.24, 2.45) is 0 Å². The molecule has 1 unspecified atom stereocenters. The number of nitrogens with one attached hydrogen (secondary N) is 2. The van der Waals surface area contributed by atoms with E-state index in [0.717, 1.165) is 0 Å². The van der Waals surface area contributed by atoms with E-state index in [-0.39, 0.29) is 24.6 Å². The van der Waals surface area contributed by atoms with Crippen LogP contribution >= 0.6 is 0 Å². The number of rotatable bonds is 10. The fourth-order valence-corrected chi connectivity index (χ4v) is 2.27. The molecule has 1 rings (SSSR count). The molecule has 3 amide bonds. The third-order valence-corrected chi connectivity index (χ3v) is 3.92. The Bertz CT molecular complexity index is 631. The molecule has 150 valence electrons. The average Bonchev–Trinajstić information content (AvgIpc) is 2.61. The lowest BCUT2D eigenvalue weighted by Gasteiger charge is -2.33. The second-order valence-corrected chi connectivity index (χ2v) is 6.53. The number of carbonyl (C=O) groups is 4. The molecular weight excluding hydrogens is 352 g/mol. The third kappa shape index (κ3) is 7.22. The Kier molecular flexibility index (Phi) is 8.67. The summed E-state index contributed by atoms with van der Waals surface area (Å²) in [5.41, 5.74) is 0.663. The van der Waals surface area contributed by atoms with Gasteiger partial charge in [0.1, 0.15) is 6.10 Å². The summed E-state index contributed by atoms with van der Waals surface area (Å²) in [6.45, 7) is 12.2. The predicted octanol–water partition coefficient (Wildman–Crippen LogP) is -0.943. The van der Waals surface area contributed by atoms with Gasteiger partial charge in [-0.2, -0.15) is 0 Å². The number of amides is 3. The van der Waals surface area contributed by atoms with Gasteiger partial charge in [0.15, 0.2) is 0 Å². The van der Waals surface area contributed by atoms with Crippen LogP contribution in [0.3, 0.4) is 0 Å². The molecule has 0 aromatic carbocycles. The van der Waals surface area contributed by atoms with Crippen LogP contribution < -0.4 is 10.6 Å². The zero-order chi connectivity index (χ0) is 20.6. The summed E-state index contributed by atoms with van der Waals surface area (Å²) in [7, 11) is 1.57. The van der Waals surface area contributed by atoms with Crippen LogP contribution in [0.15, 0.2) is 24.3 Å². The van der Waals surface area contributed by atoms with E-state index < -0.39 is 23.9 Å². The second-order valence-electron chi connectivity index (χ2n) is 6.53. The van der Waals surface area contributed by atoms with Gasteiger partial charge in [-0.3, -0.25) is 14.4 Å². The van der Waals surface area contributed by atoms with E-state index in [9.17, 15) is 19.2 Å². The van der Waals surface area contributed by atoms with Crippen molar-refractivity contribution < 1.29 is 23.9 Å². The number of hydrogen-bond acceptors (Lipinski definition) is 6. The second kappa shape index (κ2) is 10.5. The minimum absolute atomic E-state index is 0.0998. The number of carbonyl (C=O) groups excluding carboxylic acids is 4. The first-order valence-electron chi connectivity index (χ1n) is 8.68. The number of nitrogens with zero attached hydrogens (tertiary/aromatic N) is 2. The third-order valence-electron chi connectivity index (χ3n) is 3.92.